The third kappa shape index (κ3) is 5.42. The molecule has 0 aromatic heterocycles. The number of hydrogen-bond acceptors (Lipinski definition) is 0. The van der Waals surface area contributed by atoms with E-state index in [1.807, 2.05) is 0 Å². The lowest BCUT2D eigenvalue weighted by Gasteiger charge is -2.44. The van der Waals surface area contributed by atoms with Gasteiger partial charge >= 0.3 is 0 Å². The quantitative estimate of drug-likeness (QED) is 0.0922. The van der Waals surface area contributed by atoms with E-state index in [0.29, 0.717) is 11.8 Å². The second-order valence-corrected chi connectivity index (χ2v) is 18.7. The van der Waals surface area contributed by atoms with Crippen LogP contribution in [0.15, 0.2) is 217 Å². The van der Waals surface area contributed by atoms with Crippen LogP contribution in [0.5, 0.6) is 0 Å². The summed E-state index contributed by atoms with van der Waals surface area (Å²) in [6.07, 6.45) is 28.9. The molecule has 0 radical (unpaired) electrons. The summed E-state index contributed by atoms with van der Waals surface area (Å²) in [6.45, 7) is 2.41. The average Bonchev–Trinajstić information content (AvgIpc) is 3.69. The highest BCUT2D eigenvalue weighted by Gasteiger charge is 2.54. The normalized spacial score (nSPS) is 21.2. The lowest BCUT2D eigenvalue weighted by atomic mass is 9.58. The molecule has 0 aliphatic heterocycles. The minimum atomic E-state index is -0.427. The zero-order chi connectivity index (χ0) is 42.4. The lowest BCUT2D eigenvalue weighted by molar-refractivity contribution is 0.444. The minimum Gasteiger partial charge on any atom is -0.0879 e. The zero-order valence-corrected chi connectivity index (χ0v) is 36.4. The Hall–Kier alpha value is -7.02. The molecule has 0 bridgehead atoms. The van der Waals surface area contributed by atoms with E-state index in [1.54, 1.807) is 5.57 Å². The van der Waals surface area contributed by atoms with E-state index < -0.39 is 5.41 Å². The van der Waals surface area contributed by atoms with Crippen molar-refractivity contribution >= 4 is 54.2 Å². The summed E-state index contributed by atoms with van der Waals surface area (Å²) in [6, 6.07) is 55.7. The van der Waals surface area contributed by atoms with Gasteiger partial charge < -0.3 is 0 Å². The van der Waals surface area contributed by atoms with Gasteiger partial charge in [0.25, 0.3) is 0 Å². The molecule has 306 valence electrons. The Morgan fingerprint density at radius 2 is 1.14 bits per heavy atom. The van der Waals surface area contributed by atoms with Gasteiger partial charge in [-0.25, -0.2) is 0 Å². The van der Waals surface area contributed by atoms with E-state index >= 15 is 0 Å². The third-order valence-electron chi connectivity index (χ3n) is 15.4. The van der Waals surface area contributed by atoms with Gasteiger partial charge in [0.2, 0.25) is 0 Å². The van der Waals surface area contributed by atoms with E-state index in [4.69, 9.17) is 0 Å². The molecule has 0 amide bonds. The first-order valence-electron chi connectivity index (χ1n) is 23.6. The Morgan fingerprint density at radius 3 is 1.88 bits per heavy atom. The summed E-state index contributed by atoms with van der Waals surface area (Å²) in [5.74, 6) is 0.836. The average molecular weight is 819 g/mol. The second-order valence-electron chi connectivity index (χ2n) is 18.7. The monoisotopic (exact) mass is 818 g/mol. The van der Waals surface area contributed by atoms with Crippen LogP contribution in [0.3, 0.4) is 0 Å². The number of hydrogen-bond donors (Lipinski definition) is 0. The van der Waals surface area contributed by atoms with Gasteiger partial charge in [0, 0.05) is 5.92 Å². The molecule has 0 saturated heterocycles. The van der Waals surface area contributed by atoms with Crippen LogP contribution in [-0.4, -0.2) is 0 Å². The highest BCUT2D eigenvalue weighted by molar-refractivity contribution is 6.21. The molecule has 3 atom stereocenters. The number of allylic oxidation sites excluding steroid dienone is 14. The predicted molar refractivity (Wildman–Crippen MR) is 273 cm³/mol. The van der Waals surface area contributed by atoms with Crippen LogP contribution in [0.4, 0.5) is 0 Å². The van der Waals surface area contributed by atoms with Crippen molar-refractivity contribution in [3.63, 3.8) is 0 Å². The van der Waals surface area contributed by atoms with Crippen molar-refractivity contribution in [3.8, 4) is 22.3 Å². The molecule has 0 fully saturated rings. The minimum absolute atomic E-state index is 0.338. The summed E-state index contributed by atoms with van der Waals surface area (Å²) < 4.78 is 0. The van der Waals surface area contributed by atoms with Gasteiger partial charge in [-0.05, 0) is 173 Å². The number of rotatable bonds is 5. The molecule has 0 nitrogen and oxygen atoms in total. The standard InChI is InChI=1S/C64H50/c1-41-19-8-17-34-58(41)64(47-25-6-3-7-26-47)62-48-27-10-9-20-42(48)35-38-56(62)61-50-29-12-11-28-49(50)57-40-45(36-37-55(57)63(61)64)44-23-18-24-46(39-44)60-53-32-15-13-30-51(53)59(43-21-4-2-5-22-43)52-31-14-16-33-54(52)60/h3-4,6-7,10-18,21-40,42,48H,2,5,8-9,19-20H2,1H3. The van der Waals surface area contributed by atoms with Crippen LogP contribution in [0, 0.1) is 11.8 Å². The van der Waals surface area contributed by atoms with Crippen molar-refractivity contribution in [1.29, 1.82) is 0 Å². The van der Waals surface area contributed by atoms with Crippen LogP contribution >= 0.6 is 0 Å². The van der Waals surface area contributed by atoms with Crippen molar-refractivity contribution in [3.05, 3.63) is 239 Å². The van der Waals surface area contributed by atoms with Crippen molar-refractivity contribution in [2.75, 3.05) is 0 Å². The topological polar surface area (TPSA) is 0 Å². The van der Waals surface area contributed by atoms with Crippen LogP contribution < -0.4 is 0 Å². The molecular weight excluding hydrogens is 769 g/mol. The number of fused-ring (bicyclic) bond motifs is 11. The fourth-order valence-electron chi connectivity index (χ4n) is 12.8. The summed E-state index contributed by atoms with van der Waals surface area (Å²) in [4.78, 5) is 0. The molecule has 0 heteroatoms. The maximum Gasteiger partial charge on any atom is 0.0688 e. The molecule has 0 saturated carbocycles. The Balaban J connectivity index is 1.07. The SMILES string of the molecule is CC1=C(C2(c3ccccc3)C3=C(C=CC4CCC=CC34)c3c2c2ccc(-c4cccc(-c5c6ccccc6c(C6=CCCC=C6)c6ccccc56)c4)cc2c2ccccc32)C=CCC1. The van der Waals surface area contributed by atoms with Gasteiger partial charge in [-0.2, -0.15) is 0 Å². The molecule has 13 rings (SSSR count). The van der Waals surface area contributed by atoms with Gasteiger partial charge in [0.15, 0.2) is 0 Å². The van der Waals surface area contributed by atoms with Crippen molar-refractivity contribution < 1.29 is 0 Å². The first-order valence-corrected chi connectivity index (χ1v) is 23.6. The first-order chi connectivity index (χ1) is 31.7. The molecular formula is C64H50. The first kappa shape index (κ1) is 37.5. The van der Waals surface area contributed by atoms with Gasteiger partial charge in [0.05, 0.1) is 5.41 Å². The summed E-state index contributed by atoms with van der Waals surface area (Å²) in [7, 11) is 0. The molecule has 64 heavy (non-hydrogen) atoms. The Labute approximate surface area is 376 Å². The van der Waals surface area contributed by atoms with Crippen molar-refractivity contribution in [2.45, 2.75) is 50.9 Å². The highest BCUT2D eigenvalue weighted by Crippen LogP contribution is 2.64. The molecule has 8 aromatic carbocycles. The van der Waals surface area contributed by atoms with E-state index in [2.05, 4.69) is 207 Å². The smallest absolute Gasteiger partial charge is 0.0688 e. The van der Waals surface area contributed by atoms with E-state index in [0.717, 1.165) is 32.1 Å². The van der Waals surface area contributed by atoms with Crippen molar-refractivity contribution in [1.82, 2.24) is 0 Å². The Kier molecular flexibility index (Phi) is 8.67. The molecule has 8 aromatic rings. The van der Waals surface area contributed by atoms with Crippen LogP contribution in [-0.2, 0) is 5.41 Å². The molecule has 3 unspecified atom stereocenters. The lowest BCUT2D eigenvalue weighted by Crippen LogP contribution is -2.37. The summed E-state index contributed by atoms with van der Waals surface area (Å²) >= 11 is 0. The zero-order valence-electron chi connectivity index (χ0n) is 36.4. The largest absolute Gasteiger partial charge is 0.0879 e. The Morgan fingerprint density at radius 1 is 0.469 bits per heavy atom. The van der Waals surface area contributed by atoms with Crippen LogP contribution in [0.25, 0.3) is 76.5 Å². The van der Waals surface area contributed by atoms with Gasteiger partial charge in [-0.1, -0.05) is 194 Å². The molecule has 0 spiro atoms. The van der Waals surface area contributed by atoms with E-state index in [9.17, 15) is 0 Å². The number of benzene rings is 8. The second kappa shape index (κ2) is 14.8. The molecule has 0 heterocycles. The summed E-state index contributed by atoms with van der Waals surface area (Å²) in [5.41, 5.74) is 17.5. The van der Waals surface area contributed by atoms with Gasteiger partial charge in [0.1, 0.15) is 0 Å². The molecule has 0 N–H and O–H groups in total. The van der Waals surface area contributed by atoms with E-state index in [-0.39, 0.29) is 0 Å². The Bertz CT molecular complexity index is 3450. The fourth-order valence-corrected chi connectivity index (χ4v) is 12.8. The third-order valence-corrected chi connectivity index (χ3v) is 15.4. The van der Waals surface area contributed by atoms with Gasteiger partial charge in [-0.15, -0.1) is 0 Å². The van der Waals surface area contributed by atoms with Crippen LogP contribution in [0.1, 0.15) is 67.7 Å². The fraction of sp³-hybridized carbons (Fsp3) is 0.156. The predicted octanol–water partition coefficient (Wildman–Crippen LogP) is 17.2. The van der Waals surface area contributed by atoms with E-state index in [1.165, 1.54) is 116 Å². The van der Waals surface area contributed by atoms with Crippen LogP contribution in [0.2, 0.25) is 0 Å². The summed E-state index contributed by atoms with van der Waals surface area (Å²) in [5, 5.41) is 10.6. The molecule has 5 aliphatic rings. The maximum atomic E-state index is 2.57. The van der Waals surface area contributed by atoms with Gasteiger partial charge in [-0.3, -0.25) is 0 Å². The highest BCUT2D eigenvalue weighted by atomic mass is 14.6. The molecule has 5 aliphatic carbocycles. The maximum absolute atomic E-state index is 2.57. The van der Waals surface area contributed by atoms with Crippen molar-refractivity contribution in [2.24, 2.45) is 11.8 Å².